The quantitative estimate of drug-likeness (QED) is 0.0785. The molecule has 2 heterocycles. The van der Waals surface area contributed by atoms with Gasteiger partial charge in [-0.3, -0.25) is 10.1 Å². The van der Waals surface area contributed by atoms with Crippen LogP contribution in [0.15, 0.2) is 140 Å². The van der Waals surface area contributed by atoms with E-state index in [0.29, 0.717) is 102 Å². The number of nitro groups is 1. The van der Waals surface area contributed by atoms with E-state index in [1.54, 1.807) is 0 Å². The number of fused-ring (bicyclic) bond motifs is 3. The number of benzene rings is 6. The van der Waals surface area contributed by atoms with E-state index in [1.165, 1.54) is 33.4 Å². The van der Waals surface area contributed by atoms with Gasteiger partial charge in [0.15, 0.2) is 41.1 Å². The van der Waals surface area contributed by atoms with Crippen LogP contribution < -0.4 is 23.9 Å². The van der Waals surface area contributed by atoms with Gasteiger partial charge in [-0.1, -0.05) is 102 Å². The standard InChI is InChI=1S/C27H22N2.C24H32O8.CH3NO2.BF4/c1-18-8-12-20(13-9-18)23-16-17-24(21-14-10-19(2)11-15-21)26-25(23)28-27(29-26)22-6-4-3-5-7-22;1-2-6-22-21(5-1)29-17-13-25-9-10-27-15-19-31-23-7-3-4-8-24(23)32-20-16-28-12-11-26-14-18-30-22;1-2(3)4;2-1(3,4)5/h3-17H,1-2H3,(H,28,29);1-8H,9-20H2;1H3;/q;;;-1/p+1. The predicted octanol–water partition coefficient (Wildman–Crippen LogP) is 10.8. The Balaban J connectivity index is 0.000000223. The smallest absolute Gasteiger partial charge is 0.487 e. The first-order valence-corrected chi connectivity index (χ1v) is 22.6. The Morgan fingerprint density at radius 1 is 0.471 bits per heavy atom. The first kappa shape index (κ1) is 54.0. The van der Waals surface area contributed by atoms with Crippen molar-refractivity contribution < 1.29 is 65.1 Å². The third-order valence-corrected chi connectivity index (χ3v) is 9.88. The van der Waals surface area contributed by atoms with Gasteiger partial charge in [-0.25, -0.2) is 9.97 Å². The summed E-state index contributed by atoms with van der Waals surface area (Å²) in [5, 5.41) is 8.81. The lowest BCUT2D eigenvalue weighted by Gasteiger charge is -2.14. The molecule has 0 fully saturated rings. The minimum Gasteiger partial charge on any atom is -0.487 e. The van der Waals surface area contributed by atoms with Crippen molar-refractivity contribution in [1.29, 1.82) is 0 Å². The summed E-state index contributed by atoms with van der Waals surface area (Å²) in [7, 11) is -5.11. The van der Waals surface area contributed by atoms with Gasteiger partial charge in [0, 0.05) is 16.1 Å². The molecule has 6 aromatic carbocycles. The molecule has 372 valence electrons. The van der Waals surface area contributed by atoms with Crippen molar-refractivity contribution in [3.8, 4) is 56.6 Å². The Hall–Kier alpha value is -6.99. The van der Waals surface area contributed by atoms with Gasteiger partial charge >= 0.3 is 7.25 Å². The number of aryl methyl sites for hydroxylation is 2. The minimum absolute atomic E-state index is 0.425. The number of nitrogens with one attached hydrogen (secondary N) is 2. The lowest BCUT2D eigenvalue weighted by Crippen LogP contribution is -2.15. The van der Waals surface area contributed by atoms with Crippen molar-refractivity contribution in [2.75, 3.05) is 86.3 Å². The molecule has 1 aromatic heterocycles. The van der Waals surface area contributed by atoms with E-state index in [2.05, 4.69) is 109 Å². The van der Waals surface area contributed by atoms with Crippen molar-refractivity contribution in [3.05, 3.63) is 161 Å². The molecule has 7 aromatic rings. The number of hydrogen-bond acceptors (Lipinski definition) is 10. The number of ether oxygens (including phenoxy) is 8. The van der Waals surface area contributed by atoms with Gasteiger partial charge in [-0.15, -0.1) is 0 Å². The largest absolute Gasteiger partial charge is 0.673 e. The number of hydrogen-bond donors (Lipinski definition) is 1. The van der Waals surface area contributed by atoms with Crippen LogP contribution in [-0.2, 0) is 18.9 Å². The number of imidazole rings is 1. The zero-order valence-electron chi connectivity index (χ0n) is 39.4. The van der Waals surface area contributed by atoms with Crippen molar-refractivity contribution in [2.24, 2.45) is 0 Å². The molecule has 0 amide bonds. The summed E-state index contributed by atoms with van der Waals surface area (Å²) in [4.78, 5) is 15.6. The van der Waals surface area contributed by atoms with E-state index in [4.69, 9.17) is 48.0 Å². The van der Waals surface area contributed by atoms with E-state index in [9.17, 15) is 17.3 Å². The first-order chi connectivity index (χ1) is 33.9. The molecular weight excluding hydrogens is 913 g/mol. The zero-order valence-corrected chi connectivity index (χ0v) is 39.4. The second-order valence-electron chi connectivity index (χ2n) is 15.3. The molecule has 0 atom stereocenters. The Kier molecular flexibility index (Phi) is 22.5. The molecule has 0 unspecified atom stereocenters. The maximum atomic E-state index is 9.75. The van der Waals surface area contributed by atoms with E-state index >= 15 is 0 Å². The van der Waals surface area contributed by atoms with Gasteiger partial charge in [-0.05, 0) is 73.5 Å². The van der Waals surface area contributed by atoms with Crippen molar-refractivity contribution in [1.82, 2.24) is 4.98 Å². The molecule has 0 spiro atoms. The highest BCUT2D eigenvalue weighted by molar-refractivity contribution is 6.50. The summed E-state index contributed by atoms with van der Waals surface area (Å²) < 4.78 is 84.3. The summed E-state index contributed by atoms with van der Waals surface area (Å²) in [5.41, 5.74) is 10.8. The SMILES string of the molecule is C[N+](=O)[O-].Cc1ccc(-c2ccc(-c3ccc(C)cc3)c3[nH+]c(-c4ccccc4)[nH]c23)cc1.F[B-](F)(F)F.c1ccc2c(c1)OCCOCCOCCOc1ccccc1OCCOCCOCCO2. The average Bonchev–Trinajstić information content (AvgIpc) is 3.79. The molecule has 0 saturated carbocycles. The van der Waals surface area contributed by atoms with Gasteiger partial charge in [0.25, 0.3) is 5.82 Å². The number of aromatic nitrogens is 2. The molecule has 2 N–H and O–H groups in total. The fourth-order valence-electron chi connectivity index (χ4n) is 6.70. The van der Waals surface area contributed by atoms with Crippen LogP contribution in [0.4, 0.5) is 17.3 Å². The van der Waals surface area contributed by atoms with E-state index in [-0.39, 0.29) is 0 Å². The Morgan fingerprint density at radius 2 is 0.786 bits per heavy atom. The van der Waals surface area contributed by atoms with Gasteiger partial charge in [0.1, 0.15) is 26.4 Å². The molecule has 0 bridgehead atoms. The Bertz CT molecular complexity index is 2390. The maximum absolute atomic E-state index is 9.75. The Labute approximate surface area is 404 Å². The van der Waals surface area contributed by atoms with E-state index in [1.807, 2.05) is 54.6 Å². The van der Waals surface area contributed by atoms with Gasteiger partial charge in [-0.2, -0.15) is 0 Å². The number of rotatable bonds is 3. The molecule has 0 saturated heterocycles. The van der Waals surface area contributed by atoms with Gasteiger partial charge < -0.3 is 55.2 Å². The summed E-state index contributed by atoms with van der Waals surface area (Å²) in [6, 6.07) is 47.4. The van der Waals surface area contributed by atoms with Crippen LogP contribution in [0.2, 0.25) is 0 Å². The highest BCUT2D eigenvalue weighted by Crippen LogP contribution is 2.35. The van der Waals surface area contributed by atoms with E-state index < -0.39 is 12.2 Å². The number of H-pyrrole nitrogens is 2. The maximum Gasteiger partial charge on any atom is 0.673 e. The normalized spacial score (nSPS) is 14.2. The molecule has 1 aliphatic rings. The summed E-state index contributed by atoms with van der Waals surface area (Å²) >= 11 is 0. The lowest BCUT2D eigenvalue weighted by molar-refractivity contribution is -0.445. The van der Waals surface area contributed by atoms with Crippen LogP contribution in [0.25, 0.3) is 44.7 Å². The third-order valence-electron chi connectivity index (χ3n) is 9.88. The number of para-hydroxylation sites is 4. The summed E-state index contributed by atoms with van der Waals surface area (Å²) in [6.45, 7) is 9.72. The lowest BCUT2D eigenvalue weighted by atomic mass is 9.97. The minimum atomic E-state index is -6.00. The zero-order chi connectivity index (χ0) is 50.0. The first-order valence-electron chi connectivity index (χ1n) is 22.6. The number of nitrogens with zero attached hydrogens (tertiary/aromatic N) is 1. The summed E-state index contributed by atoms with van der Waals surface area (Å²) in [5.74, 6) is 3.75. The molecule has 0 aliphatic carbocycles. The second-order valence-corrected chi connectivity index (χ2v) is 15.3. The average molecular weight is 972 g/mol. The van der Waals surface area contributed by atoms with E-state index in [0.717, 1.165) is 29.5 Å². The summed E-state index contributed by atoms with van der Waals surface area (Å²) in [6.07, 6.45) is 0. The number of aromatic amines is 2. The highest BCUT2D eigenvalue weighted by atomic mass is 19.5. The molecular formula is C52H58BF4N3O10. The van der Waals surface area contributed by atoms with Gasteiger partial charge in [0.2, 0.25) is 0 Å². The van der Waals surface area contributed by atoms with Crippen LogP contribution in [0.5, 0.6) is 23.0 Å². The molecule has 18 heteroatoms. The monoisotopic (exact) mass is 971 g/mol. The third kappa shape index (κ3) is 19.6. The molecule has 1 aliphatic heterocycles. The number of halogens is 4. The topological polar surface area (TPSA) is 147 Å². The highest BCUT2D eigenvalue weighted by Gasteiger charge is 2.21. The fraction of sp³-hybridized carbons (Fsp3) is 0.288. The van der Waals surface area contributed by atoms with Crippen molar-refractivity contribution in [3.63, 3.8) is 0 Å². The van der Waals surface area contributed by atoms with Gasteiger partial charge in [0.05, 0.1) is 58.4 Å². The second kappa shape index (κ2) is 29.1. The van der Waals surface area contributed by atoms with Crippen molar-refractivity contribution >= 4 is 18.3 Å². The van der Waals surface area contributed by atoms with Crippen molar-refractivity contribution in [2.45, 2.75) is 13.8 Å². The van der Waals surface area contributed by atoms with Crippen LogP contribution in [0.3, 0.4) is 0 Å². The van der Waals surface area contributed by atoms with Crippen LogP contribution >= 0.6 is 0 Å². The Morgan fingerprint density at radius 3 is 1.16 bits per heavy atom. The molecule has 70 heavy (non-hydrogen) atoms. The van der Waals surface area contributed by atoms with Crippen LogP contribution in [0, 0.1) is 24.0 Å². The predicted molar refractivity (Wildman–Crippen MR) is 262 cm³/mol. The molecule has 8 rings (SSSR count). The fourth-order valence-corrected chi connectivity index (χ4v) is 6.70. The molecule has 0 radical (unpaired) electrons. The van der Waals surface area contributed by atoms with Crippen LogP contribution in [0.1, 0.15) is 11.1 Å². The van der Waals surface area contributed by atoms with Crippen LogP contribution in [-0.4, -0.2) is 103 Å². The molecule has 13 nitrogen and oxygen atoms in total.